The number of phenols is 1. The van der Waals surface area contributed by atoms with Gasteiger partial charge in [0.25, 0.3) is 0 Å². The molecule has 1 N–H and O–H groups in total. The van der Waals surface area contributed by atoms with Crippen LogP contribution in [0.1, 0.15) is 69.2 Å². The van der Waals surface area contributed by atoms with Gasteiger partial charge in [0.15, 0.2) is 0 Å². The highest BCUT2D eigenvalue weighted by atomic mass is 16.5. The number of rotatable bonds is 12. The van der Waals surface area contributed by atoms with Crippen molar-refractivity contribution in [2.24, 2.45) is 0 Å². The van der Waals surface area contributed by atoms with E-state index in [4.69, 9.17) is 9.47 Å². The van der Waals surface area contributed by atoms with Crippen LogP contribution in [0, 0.1) is 0 Å². The van der Waals surface area contributed by atoms with Gasteiger partial charge in [-0.15, -0.1) is 0 Å². The number of unbranched alkanes of at least 4 members (excludes halogenated alkanes) is 3. The SMILES string of the molecule is CCCCCCOCCCC(CC)OC(=O)c1ccc(O)cc1. The fourth-order valence-electron chi connectivity index (χ4n) is 2.31. The highest BCUT2D eigenvalue weighted by Gasteiger charge is 2.14. The van der Waals surface area contributed by atoms with Gasteiger partial charge in [0.05, 0.1) is 5.56 Å². The summed E-state index contributed by atoms with van der Waals surface area (Å²) in [6, 6.07) is 6.13. The lowest BCUT2D eigenvalue weighted by Crippen LogP contribution is -2.18. The molecule has 0 spiro atoms. The molecule has 23 heavy (non-hydrogen) atoms. The van der Waals surface area contributed by atoms with Crippen molar-refractivity contribution in [2.45, 2.75) is 64.9 Å². The number of phenolic OH excluding ortho intramolecular Hbond substituents is 1. The second-order valence-corrected chi connectivity index (χ2v) is 5.80. The van der Waals surface area contributed by atoms with Gasteiger partial charge in [0, 0.05) is 13.2 Å². The molecule has 1 aromatic rings. The van der Waals surface area contributed by atoms with Crippen LogP contribution < -0.4 is 0 Å². The molecule has 0 aliphatic heterocycles. The summed E-state index contributed by atoms with van der Waals surface area (Å²) in [4.78, 5) is 12.0. The lowest BCUT2D eigenvalue weighted by Gasteiger charge is -2.16. The molecule has 1 rings (SSSR count). The second kappa shape index (κ2) is 11.9. The maximum atomic E-state index is 12.0. The minimum atomic E-state index is -0.336. The maximum Gasteiger partial charge on any atom is 0.338 e. The van der Waals surface area contributed by atoms with Crippen LogP contribution in [-0.2, 0) is 9.47 Å². The predicted molar refractivity (Wildman–Crippen MR) is 91.8 cm³/mol. The van der Waals surface area contributed by atoms with E-state index in [-0.39, 0.29) is 17.8 Å². The molecule has 4 heteroatoms. The van der Waals surface area contributed by atoms with Crippen LogP contribution >= 0.6 is 0 Å². The summed E-state index contributed by atoms with van der Waals surface area (Å²) in [6.45, 7) is 5.76. The molecule has 0 heterocycles. The monoisotopic (exact) mass is 322 g/mol. The Morgan fingerprint density at radius 1 is 1.04 bits per heavy atom. The molecule has 0 radical (unpaired) electrons. The molecule has 0 saturated heterocycles. The molecule has 1 atom stereocenters. The highest BCUT2D eigenvalue weighted by molar-refractivity contribution is 5.89. The number of carbonyl (C=O) groups is 1. The lowest BCUT2D eigenvalue weighted by atomic mass is 10.1. The third kappa shape index (κ3) is 8.60. The normalized spacial score (nSPS) is 12.1. The van der Waals surface area contributed by atoms with Crippen molar-refractivity contribution in [1.29, 1.82) is 0 Å². The molecule has 1 aromatic carbocycles. The van der Waals surface area contributed by atoms with Crippen molar-refractivity contribution in [1.82, 2.24) is 0 Å². The topological polar surface area (TPSA) is 55.8 Å². The first kappa shape index (κ1) is 19.5. The molecular formula is C19H30O4. The van der Waals surface area contributed by atoms with Crippen molar-refractivity contribution < 1.29 is 19.4 Å². The summed E-state index contributed by atoms with van der Waals surface area (Å²) >= 11 is 0. The molecule has 0 aliphatic carbocycles. The predicted octanol–water partition coefficient (Wildman–Crippen LogP) is 4.70. The molecule has 0 aromatic heterocycles. The minimum absolute atomic E-state index is 0.0833. The second-order valence-electron chi connectivity index (χ2n) is 5.80. The zero-order valence-corrected chi connectivity index (χ0v) is 14.4. The summed E-state index contributed by atoms with van der Waals surface area (Å²) in [7, 11) is 0. The Morgan fingerprint density at radius 3 is 2.39 bits per heavy atom. The van der Waals surface area contributed by atoms with Crippen molar-refractivity contribution >= 4 is 5.97 Å². The number of hydrogen-bond acceptors (Lipinski definition) is 4. The van der Waals surface area contributed by atoms with Gasteiger partial charge in [-0.25, -0.2) is 4.79 Å². The van der Waals surface area contributed by atoms with Crippen molar-refractivity contribution in [3.63, 3.8) is 0 Å². The number of aromatic hydroxyl groups is 1. The van der Waals surface area contributed by atoms with Crippen molar-refractivity contribution in [3.8, 4) is 5.75 Å². The Labute approximate surface area is 139 Å². The van der Waals surface area contributed by atoms with Crippen LogP contribution in [0.15, 0.2) is 24.3 Å². The lowest BCUT2D eigenvalue weighted by molar-refractivity contribution is 0.0239. The van der Waals surface area contributed by atoms with Gasteiger partial charge in [-0.3, -0.25) is 0 Å². The standard InChI is InChI=1S/C19H30O4/c1-3-5-6-7-14-22-15-8-9-18(4-2)23-19(21)16-10-12-17(20)13-11-16/h10-13,18,20H,3-9,14-15H2,1-2H3. The van der Waals surface area contributed by atoms with Crippen LogP contribution in [0.3, 0.4) is 0 Å². The van der Waals surface area contributed by atoms with Crippen LogP contribution in [-0.4, -0.2) is 30.4 Å². The number of esters is 1. The smallest absolute Gasteiger partial charge is 0.338 e. The van der Waals surface area contributed by atoms with E-state index in [0.717, 1.165) is 38.9 Å². The van der Waals surface area contributed by atoms with Gasteiger partial charge in [-0.05, 0) is 49.9 Å². The summed E-state index contributed by atoms with van der Waals surface area (Å²) in [6.07, 6.45) is 7.29. The van der Waals surface area contributed by atoms with Crippen molar-refractivity contribution in [2.75, 3.05) is 13.2 Å². The number of carbonyl (C=O) groups excluding carboxylic acids is 1. The van der Waals surface area contributed by atoms with E-state index in [1.807, 2.05) is 6.92 Å². The molecule has 0 bridgehead atoms. The zero-order chi connectivity index (χ0) is 16.9. The molecule has 0 aliphatic rings. The van der Waals surface area contributed by atoms with Crippen LogP contribution in [0.2, 0.25) is 0 Å². The van der Waals surface area contributed by atoms with E-state index in [0.29, 0.717) is 5.56 Å². The average Bonchev–Trinajstić information content (AvgIpc) is 2.56. The van der Waals surface area contributed by atoms with Crippen LogP contribution in [0.5, 0.6) is 5.75 Å². The van der Waals surface area contributed by atoms with Gasteiger partial charge < -0.3 is 14.6 Å². The quantitative estimate of drug-likeness (QED) is 0.447. The zero-order valence-electron chi connectivity index (χ0n) is 14.4. The summed E-state index contributed by atoms with van der Waals surface area (Å²) < 4.78 is 11.1. The van der Waals surface area contributed by atoms with E-state index >= 15 is 0 Å². The first-order chi connectivity index (χ1) is 11.2. The van der Waals surface area contributed by atoms with Crippen molar-refractivity contribution in [3.05, 3.63) is 29.8 Å². The van der Waals surface area contributed by atoms with E-state index in [1.165, 1.54) is 31.4 Å². The molecule has 0 amide bonds. The summed E-state index contributed by atoms with van der Waals surface area (Å²) in [5.74, 6) is -0.193. The Bertz CT molecular complexity index is 428. The van der Waals surface area contributed by atoms with Gasteiger partial charge in [-0.1, -0.05) is 33.1 Å². The van der Waals surface area contributed by atoms with Gasteiger partial charge >= 0.3 is 5.97 Å². The molecular weight excluding hydrogens is 292 g/mol. The van der Waals surface area contributed by atoms with Gasteiger partial charge in [0.1, 0.15) is 11.9 Å². The minimum Gasteiger partial charge on any atom is -0.508 e. The third-order valence-electron chi connectivity index (χ3n) is 3.79. The first-order valence-corrected chi connectivity index (χ1v) is 8.75. The highest BCUT2D eigenvalue weighted by Crippen LogP contribution is 2.14. The molecule has 130 valence electrons. The van der Waals surface area contributed by atoms with Gasteiger partial charge in [0.2, 0.25) is 0 Å². The molecule has 4 nitrogen and oxygen atoms in total. The fourth-order valence-corrected chi connectivity index (χ4v) is 2.31. The van der Waals surface area contributed by atoms with E-state index < -0.39 is 0 Å². The Hall–Kier alpha value is -1.55. The van der Waals surface area contributed by atoms with Crippen LogP contribution in [0.25, 0.3) is 0 Å². The number of ether oxygens (including phenoxy) is 2. The Kier molecular flexibility index (Phi) is 10.1. The molecule has 0 saturated carbocycles. The third-order valence-corrected chi connectivity index (χ3v) is 3.79. The van der Waals surface area contributed by atoms with Gasteiger partial charge in [-0.2, -0.15) is 0 Å². The average molecular weight is 322 g/mol. The van der Waals surface area contributed by atoms with E-state index in [9.17, 15) is 9.90 Å². The molecule has 1 unspecified atom stereocenters. The molecule has 0 fully saturated rings. The van der Waals surface area contributed by atoms with E-state index in [2.05, 4.69) is 6.92 Å². The number of hydrogen-bond donors (Lipinski definition) is 1. The summed E-state index contributed by atoms with van der Waals surface area (Å²) in [5.41, 5.74) is 0.466. The fraction of sp³-hybridized carbons (Fsp3) is 0.632. The summed E-state index contributed by atoms with van der Waals surface area (Å²) in [5, 5.41) is 9.24. The number of benzene rings is 1. The maximum absolute atomic E-state index is 12.0. The Morgan fingerprint density at radius 2 is 1.74 bits per heavy atom. The van der Waals surface area contributed by atoms with E-state index in [1.54, 1.807) is 12.1 Å². The largest absolute Gasteiger partial charge is 0.508 e. The Balaban J connectivity index is 2.18. The van der Waals surface area contributed by atoms with Crippen LogP contribution in [0.4, 0.5) is 0 Å². The first-order valence-electron chi connectivity index (χ1n) is 8.75.